The van der Waals surface area contributed by atoms with E-state index in [-0.39, 0.29) is 30.0 Å². The highest BCUT2D eigenvalue weighted by Crippen LogP contribution is 2.52. The first-order chi connectivity index (χ1) is 11.6. The van der Waals surface area contributed by atoms with Gasteiger partial charge < -0.3 is 20.9 Å². The maximum Gasteiger partial charge on any atom is 0.189 e. The van der Waals surface area contributed by atoms with E-state index >= 15 is 0 Å². The smallest absolute Gasteiger partial charge is 0.189 e. The van der Waals surface area contributed by atoms with E-state index in [9.17, 15) is 5.11 Å². The van der Waals surface area contributed by atoms with Crippen LogP contribution in [-0.2, 0) is 0 Å². The van der Waals surface area contributed by atoms with Crippen molar-refractivity contribution in [2.24, 2.45) is 22.6 Å². The average molecular weight is 457 g/mol. The summed E-state index contributed by atoms with van der Waals surface area (Å²) in [5, 5.41) is 14.1. The maximum absolute atomic E-state index is 10.8. The van der Waals surface area contributed by atoms with Crippen LogP contribution in [0.2, 0.25) is 0 Å². The Labute approximate surface area is 166 Å². The lowest BCUT2D eigenvalue weighted by atomic mass is 9.82. The van der Waals surface area contributed by atoms with Crippen molar-refractivity contribution in [2.75, 3.05) is 13.2 Å². The molecule has 2 aliphatic carbocycles. The Morgan fingerprint density at radius 3 is 2.92 bits per heavy atom. The first-order valence-electron chi connectivity index (χ1n) is 9.14. The van der Waals surface area contributed by atoms with E-state index in [1.807, 2.05) is 18.2 Å². The third-order valence-electron chi connectivity index (χ3n) is 6.05. The molecule has 4 unspecified atom stereocenters. The van der Waals surface area contributed by atoms with Crippen molar-refractivity contribution >= 4 is 29.9 Å². The number of fused-ring (bicyclic) bond motifs is 3. The van der Waals surface area contributed by atoms with Gasteiger partial charge in [-0.15, -0.1) is 24.0 Å². The summed E-state index contributed by atoms with van der Waals surface area (Å²) in [6.07, 6.45) is 6.23. The minimum absolute atomic E-state index is 0. The zero-order valence-electron chi connectivity index (χ0n) is 14.5. The second-order valence-electron chi connectivity index (χ2n) is 7.57. The summed E-state index contributed by atoms with van der Waals surface area (Å²) in [6, 6.07) is 8.19. The number of halogens is 1. The van der Waals surface area contributed by atoms with Crippen molar-refractivity contribution in [3.8, 4) is 5.75 Å². The van der Waals surface area contributed by atoms with Gasteiger partial charge in [0.05, 0.1) is 18.2 Å². The van der Waals surface area contributed by atoms with Gasteiger partial charge >= 0.3 is 0 Å². The molecule has 3 aliphatic rings. The Balaban J connectivity index is 0.00000182. The van der Waals surface area contributed by atoms with Gasteiger partial charge in [0.1, 0.15) is 5.75 Å². The molecule has 4 atom stereocenters. The number of rotatable bonds is 4. The summed E-state index contributed by atoms with van der Waals surface area (Å²) >= 11 is 0. The predicted octanol–water partition coefficient (Wildman–Crippen LogP) is 2.97. The largest absolute Gasteiger partial charge is 0.493 e. The molecule has 0 saturated heterocycles. The van der Waals surface area contributed by atoms with E-state index < -0.39 is 5.60 Å². The fourth-order valence-electron chi connectivity index (χ4n) is 4.81. The van der Waals surface area contributed by atoms with Crippen molar-refractivity contribution in [3.63, 3.8) is 0 Å². The van der Waals surface area contributed by atoms with Crippen LogP contribution in [0.3, 0.4) is 0 Å². The number of ether oxygens (including phenoxy) is 1. The highest BCUT2D eigenvalue weighted by Gasteiger charge is 2.49. The number of benzene rings is 1. The molecule has 2 saturated carbocycles. The number of hydrogen-bond acceptors (Lipinski definition) is 3. The van der Waals surface area contributed by atoms with Crippen molar-refractivity contribution in [1.82, 2.24) is 5.32 Å². The molecule has 2 bridgehead atoms. The second kappa shape index (κ2) is 7.70. The van der Waals surface area contributed by atoms with Gasteiger partial charge in [0.2, 0.25) is 0 Å². The Morgan fingerprint density at radius 2 is 2.16 bits per heavy atom. The summed E-state index contributed by atoms with van der Waals surface area (Å²) in [6.45, 7) is 1.27. The Kier molecular flexibility index (Phi) is 5.78. The Hall–Kier alpha value is -1.02. The van der Waals surface area contributed by atoms with Crippen LogP contribution in [0.1, 0.15) is 50.1 Å². The summed E-state index contributed by atoms with van der Waals surface area (Å²) in [7, 11) is 0. The monoisotopic (exact) mass is 457 g/mol. The molecule has 0 aromatic heterocycles. The molecule has 5 nitrogen and oxygen atoms in total. The van der Waals surface area contributed by atoms with Crippen molar-refractivity contribution < 1.29 is 9.84 Å². The number of para-hydroxylation sites is 1. The number of aliphatic imine (C=N–C) groups is 1. The van der Waals surface area contributed by atoms with Crippen LogP contribution in [0, 0.1) is 11.8 Å². The van der Waals surface area contributed by atoms with Gasteiger partial charge in [-0.3, -0.25) is 4.99 Å². The second-order valence-corrected chi connectivity index (χ2v) is 7.57. The Bertz CT molecular complexity index is 639. The number of guanidine groups is 1. The number of hydrogen-bond donors (Lipinski definition) is 3. The Morgan fingerprint density at radius 1 is 1.32 bits per heavy atom. The van der Waals surface area contributed by atoms with Gasteiger partial charge in [0, 0.05) is 18.5 Å². The minimum Gasteiger partial charge on any atom is -0.493 e. The van der Waals surface area contributed by atoms with Crippen LogP contribution >= 0.6 is 24.0 Å². The van der Waals surface area contributed by atoms with Gasteiger partial charge in [-0.25, -0.2) is 0 Å². The van der Waals surface area contributed by atoms with Crippen molar-refractivity contribution in [2.45, 2.75) is 50.2 Å². The van der Waals surface area contributed by atoms with Crippen LogP contribution in [0.25, 0.3) is 0 Å². The highest BCUT2D eigenvalue weighted by molar-refractivity contribution is 14.0. The molecule has 0 amide bonds. The molecule has 0 radical (unpaired) electrons. The third kappa shape index (κ3) is 3.89. The van der Waals surface area contributed by atoms with E-state index in [1.54, 1.807) is 0 Å². The fourth-order valence-corrected chi connectivity index (χ4v) is 4.81. The topological polar surface area (TPSA) is 79.9 Å². The molecule has 4 rings (SSSR count). The first kappa shape index (κ1) is 18.8. The maximum atomic E-state index is 10.8. The van der Waals surface area contributed by atoms with Gasteiger partial charge in [-0.2, -0.15) is 0 Å². The average Bonchev–Trinajstić information content (AvgIpc) is 3.16. The van der Waals surface area contributed by atoms with Crippen molar-refractivity contribution in [3.05, 3.63) is 29.8 Å². The molecule has 4 N–H and O–H groups in total. The molecule has 6 heteroatoms. The molecular formula is C19H28IN3O2. The predicted molar refractivity (Wildman–Crippen MR) is 109 cm³/mol. The summed E-state index contributed by atoms with van der Waals surface area (Å²) in [4.78, 5) is 4.47. The van der Waals surface area contributed by atoms with Crippen LogP contribution in [0.4, 0.5) is 0 Å². The first-order valence-corrected chi connectivity index (χ1v) is 9.14. The number of nitrogens with zero attached hydrogens (tertiary/aromatic N) is 1. The minimum atomic E-state index is -0.502. The lowest BCUT2D eigenvalue weighted by molar-refractivity contribution is -0.0181. The molecule has 1 heterocycles. The summed E-state index contributed by atoms with van der Waals surface area (Å²) < 4.78 is 5.67. The summed E-state index contributed by atoms with van der Waals surface area (Å²) in [5.41, 5.74) is 6.71. The number of nitrogens with two attached hydrogens (primary N) is 1. The lowest BCUT2D eigenvalue weighted by Crippen LogP contribution is -2.39. The highest BCUT2D eigenvalue weighted by atomic mass is 127. The van der Waals surface area contributed by atoms with E-state index in [2.05, 4.69) is 16.4 Å². The van der Waals surface area contributed by atoms with E-state index in [1.165, 1.54) is 19.3 Å². The standard InChI is InChI=1S/C19H27N3O2.HI/c20-18(21-9-8-19(23)12-13-5-6-14(19)11-13)22-16-7-10-24-17-4-2-1-3-15(16)17;/h1-4,13-14,16,23H,5-12H2,(H3,20,21,22);1H. The molecule has 138 valence electrons. The van der Waals surface area contributed by atoms with Crippen LogP contribution < -0.4 is 15.8 Å². The van der Waals surface area contributed by atoms with E-state index in [0.29, 0.717) is 25.0 Å². The number of nitrogens with one attached hydrogen (secondary N) is 1. The molecule has 0 spiro atoms. The fraction of sp³-hybridized carbons (Fsp3) is 0.632. The van der Waals surface area contributed by atoms with Gasteiger partial charge in [-0.1, -0.05) is 18.2 Å². The SMILES string of the molecule is I.NC(=NCCC1(O)CC2CCC1C2)NC1CCOc2ccccc21. The molecule has 1 aromatic carbocycles. The van der Waals surface area contributed by atoms with Crippen LogP contribution in [0.15, 0.2) is 29.3 Å². The lowest BCUT2D eigenvalue weighted by Gasteiger charge is -2.32. The molecule has 2 fully saturated rings. The van der Waals surface area contributed by atoms with Crippen LogP contribution in [0.5, 0.6) is 5.75 Å². The quantitative estimate of drug-likeness (QED) is 0.369. The van der Waals surface area contributed by atoms with Gasteiger partial charge in [-0.05, 0) is 50.0 Å². The van der Waals surface area contributed by atoms with Gasteiger partial charge in [0.15, 0.2) is 5.96 Å². The molecular weight excluding hydrogens is 429 g/mol. The van der Waals surface area contributed by atoms with E-state index in [4.69, 9.17) is 10.5 Å². The summed E-state index contributed by atoms with van der Waals surface area (Å²) in [5.74, 6) is 2.60. The zero-order chi connectivity index (χ0) is 16.6. The normalized spacial score (nSPS) is 33.3. The third-order valence-corrected chi connectivity index (χ3v) is 6.05. The van der Waals surface area contributed by atoms with Gasteiger partial charge in [0.25, 0.3) is 0 Å². The zero-order valence-corrected chi connectivity index (χ0v) is 16.8. The van der Waals surface area contributed by atoms with Crippen molar-refractivity contribution in [1.29, 1.82) is 0 Å². The van der Waals surface area contributed by atoms with E-state index in [0.717, 1.165) is 36.5 Å². The molecule has 25 heavy (non-hydrogen) atoms. The molecule has 1 aliphatic heterocycles. The van der Waals surface area contributed by atoms with Crippen LogP contribution in [-0.4, -0.2) is 29.8 Å². The number of aliphatic hydroxyl groups is 1. The molecule has 1 aromatic rings.